The third-order valence-electron chi connectivity index (χ3n) is 5.25. The van der Waals surface area contributed by atoms with Crippen LogP contribution in [0.1, 0.15) is 54.2 Å². The fraction of sp³-hybridized carbons (Fsp3) is 0.500. The third kappa shape index (κ3) is 5.36. The normalized spacial score (nSPS) is 15.1. The molecular weight excluding hydrogens is 338 g/mol. The highest BCUT2D eigenvalue weighted by atomic mass is 16.5. The molecular formula is C22H29N3O2. The Hall–Kier alpha value is -2.27. The SMILES string of the molecule is COCc1cnc(C)nc1C1CCN(C(=O)CCCc2ccccc2)CC1. The first kappa shape index (κ1) is 19.5. The van der Waals surface area contributed by atoms with Gasteiger partial charge in [0.1, 0.15) is 5.82 Å². The average molecular weight is 367 g/mol. The van der Waals surface area contributed by atoms with Crippen molar-refractivity contribution in [3.05, 3.63) is 59.2 Å². The Labute approximate surface area is 161 Å². The number of amides is 1. The number of rotatable bonds is 7. The van der Waals surface area contributed by atoms with Gasteiger partial charge in [0.15, 0.2) is 0 Å². The van der Waals surface area contributed by atoms with Gasteiger partial charge in [-0.25, -0.2) is 9.97 Å². The molecule has 0 bridgehead atoms. The molecule has 144 valence electrons. The number of methoxy groups -OCH3 is 1. The molecule has 1 amide bonds. The first-order valence-electron chi connectivity index (χ1n) is 9.80. The van der Waals surface area contributed by atoms with Gasteiger partial charge in [0.25, 0.3) is 0 Å². The van der Waals surface area contributed by atoms with Crippen molar-refractivity contribution in [2.75, 3.05) is 20.2 Å². The highest BCUT2D eigenvalue weighted by Gasteiger charge is 2.26. The minimum absolute atomic E-state index is 0.278. The van der Waals surface area contributed by atoms with Crippen LogP contribution >= 0.6 is 0 Å². The molecule has 5 nitrogen and oxygen atoms in total. The molecule has 0 radical (unpaired) electrons. The molecule has 0 saturated carbocycles. The van der Waals surface area contributed by atoms with Crippen molar-refractivity contribution in [2.45, 2.75) is 51.6 Å². The van der Waals surface area contributed by atoms with Crippen molar-refractivity contribution in [1.29, 1.82) is 0 Å². The van der Waals surface area contributed by atoms with Crippen LogP contribution in [0.4, 0.5) is 0 Å². The second kappa shape index (κ2) is 9.60. The molecule has 2 aromatic rings. The van der Waals surface area contributed by atoms with Crippen molar-refractivity contribution >= 4 is 5.91 Å². The lowest BCUT2D eigenvalue weighted by Crippen LogP contribution is -2.38. The molecule has 1 fully saturated rings. The summed E-state index contributed by atoms with van der Waals surface area (Å²) in [5.41, 5.74) is 3.46. The van der Waals surface area contributed by atoms with Gasteiger partial charge in [0.2, 0.25) is 5.91 Å². The van der Waals surface area contributed by atoms with Crippen LogP contribution in [0.2, 0.25) is 0 Å². The standard InChI is InChI=1S/C22H29N3O2/c1-17-23-15-20(16-27-2)22(24-17)19-11-13-25(14-12-19)21(26)10-6-9-18-7-4-3-5-8-18/h3-5,7-8,15,19H,6,9-14,16H2,1-2H3. The number of ether oxygens (including phenoxy) is 1. The molecule has 0 spiro atoms. The van der Waals surface area contributed by atoms with Gasteiger partial charge in [0.05, 0.1) is 12.3 Å². The molecule has 1 aromatic heterocycles. The summed E-state index contributed by atoms with van der Waals surface area (Å²) in [5, 5.41) is 0. The Kier molecular flexibility index (Phi) is 6.93. The first-order chi connectivity index (χ1) is 13.2. The maximum Gasteiger partial charge on any atom is 0.222 e. The van der Waals surface area contributed by atoms with Crippen molar-refractivity contribution in [1.82, 2.24) is 14.9 Å². The van der Waals surface area contributed by atoms with Crippen LogP contribution in [0.25, 0.3) is 0 Å². The Morgan fingerprint density at radius 2 is 1.96 bits per heavy atom. The van der Waals surface area contributed by atoms with E-state index in [0.29, 0.717) is 18.9 Å². The molecule has 3 rings (SSSR count). The van der Waals surface area contributed by atoms with E-state index < -0.39 is 0 Å². The Bertz CT molecular complexity index is 740. The van der Waals surface area contributed by atoms with Gasteiger partial charge < -0.3 is 9.64 Å². The van der Waals surface area contributed by atoms with E-state index >= 15 is 0 Å². The van der Waals surface area contributed by atoms with E-state index in [0.717, 1.165) is 55.9 Å². The van der Waals surface area contributed by atoms with E-state index in [1.54, 1.807) is 7.11 Å². The van der Waals surface area contributed by atoms with Gasteiger partial charge in [-0.3, -0.25) is 4.79 Å². The maximum atomic E-state index is 12.5. The number of likely N-dealkylation sites (tertiary alicyclic amines) is 1. The minimum atomic E-state index is 0.278. The van der Waals surface area contributed by atoms with Gasteiger partial charge in [-0.05, 0) is 38.2 Å². The number of carbonyl (C=O) groups excluding carboxylic acids is 1. The molecule has 1 saturated heterocycles. The fourth-order valence-corrected chi connectivity index (χ4v) is 3.78. The number of carbonyl (C=O) groups is 1. The zero-order valence-corrected chi connectivity index (χ0v) is 16.4. The molecule has 1 aliphatic heterocycles. The number of hydrogen-bond donors (Lipinski definition) is 0. The van der Waals surface area contributed by atoms with Crippen LogP contribution in [-0.4, -0.2) is 41.0 Å². The van der Waals surface area contributed by atoms with Crippen molar-refractivity contribution < 1.29 is 9.53 Å². The monoisotopic (exact) mass is 367 g/mol. The highest BCUT2D eigenvalue weighted by Crippen LogP contribution is 2.29. The van der Waals surface area contributed by atoms with E-state index in [2.05, 4.69) is 34.2 Å². The van der Waals surface area contributed by atoms with Gasteiger partial charge in [-0.1, -0.05) is 30.3 Å². The number of nitrogens with zero attached hydrogens (tertiary/aromatic N) is 3. The van der Waals surface area contributed by atoms with Gasteiger partial charge in [-0.2, -0.15) is 0 Å². The van der Waals surface area contributed by atoms with Crippen LogP contribution in [0, 0.1) is 6.92 Å². The number of aryl methyl sites for hydroxylation is 2. The number of piperidine rings is 1. The second-order valence-corrected chi connectivity index (χ2v) is 7.25. The zero-order valence-electron chi connectivity index (χ0n) is 16.4. The summed E-state index contributed by atoms with van der Waals surface area (Å²) >= 11 is 0. The topological polar surface area (TPSA) is 55.3 Å². The van der Waals surface area contributed by atoms with Crippen LogP contribution < -0.4 is 0 Å². The third-order valence-corrected chi connectivity index (χ3v) is 5.25. The molecule has 1 aromatic carbocycles. The first-order valence-corrected chi connectivity index (χ1v) is 9.80. The van der Waals surface area contributed by atoms with Crippen LogP contribution in [0.15, 0.2) is 36.5 Å². The number of benzene rings is 1. The lowest BCUT2D eigenvalue weighted by molar-refractivity contribution is -0.132. The molecule has 0 atom stereocenters. The van der Waals surface area contributed by atoms with Gasteiger partial charge in [-0.15, -0.1) is 0 Å². The number of hydrogen-bond acceptors (Lipinski definition) is 4. The largest absolute Gasteiger partial charge is 0.380 e. The lowest BCUT2D eigenvalue weighted by atomic mass is 9.90. The zero-order chi connectivity index (χ0) is 19.1. The molecule has 27 heavy (non-hydrogen) atoms. The lowest BCUT2D eigenvalue weighted by Gasteiger charge is -2.32. The van der Waals surface area contributed by atoms with E-state index in [-0.39, 0.29) is 5.91 Å². The van der Waals surface area contributed by atoms with E-state index in [4.69, 9.17) is 4.74 Å². The predicted molar refractivity (Wildman–Crippen MR) is 105 cm³/mol. The van der Waals surface area contributed by atoms with Crippen LogP contribution in [0.5, 0.6) is 0 Å². The second-order valence-electron chi connectivity index (χ2n) is 7.25. The molecule has 2 heterocycles. The number of aromatic nitrogens is 2. The van der Waals surface area contributed by atoms with Gasteiger partial charge in [0, 0.05) is 44.3 Å². The van der Waals surface area contributed by atoms with E-state index in [9.17, 15) is 4.79 Å². The Morgan fingerprint density at radius 1 is 1.22 bits per heavy atom. The summed E-state index contributed by atoms with van der Waals surface area (Å²) in [6.07, 6.45) is 6.29. The fourth-order valence-electron chi connectivity index (χ4n) is 3.78. The van der Waals surface area contributed by atoms with E-state index in [1.807, 2.05) is 24.1 Å². The Balaban J connectivity index is 1.50. The van der Waals surface area contributed by atoms with Crippen molar-refractivity contribution in [2.24, 2.45) is 0 Å². The molecule has 0 N–H and O–H groups in total. The average Bonchev–Trinajstić information content (AvgIpc) is 2.70. The molecule has 0 unspecified atom stereocenters. The molecule has 1 aliphatic rings. The molecule has 5 heteroatoms. The summed E-state index contributed by atoms with van der Waals surface area (Å²) in [5.74, 6) is 1.45. The van der Waals surface area contributed by atoms with Crippen LogP contribution in [0.3, 0.4) is 0 Å². The maximum absolute atomic E-state index is 12.5. The van der Waals surface area contributed by atoms with E-state index in [1.165, 1.54) is 5.56 Å². The highest BCUT2D eigenvalue weighted by molar-refractivity contribution is 5.76. The van der Waals surface area contributed by atoms with Crippen molar-refractivity contribution in [3.63, 3.8) is 0 Å². The Morgan fingerprint density at radius 3 is 2.67 bits per heavy atom. The minimum Gasteiger partial charge on any atom is -0.380 e. The summed E-state index contributed by atoms with van der Waals surface area (Å²) in [4.78, 5) is 23.5. The summed E-state index contributed by atoms with van der Waals surface area (Å²) in [6.45, 7) is 4.08. The predicted octanol–water partition coefficient (Wildman–Crippen LogP) is 3.66. The molecule has 0 aliphatic carbocycles. The smallest absolute Gasteiger partial charge is 0.222 e. The quantitative estimate of drug-likeness (QED) is 0.749. The summed E-state index contributed by atoms with van der Waals surface area (Å²) in [6, 6.07) is 10.4. The van der Waals surface area contributed by atoms with Crippen molar-refractivity contribution in [3.8, 4) is 0 Å². The van der Waals surface area contributed by atoms with Crippen LogP contribution in [-0.2, 0) is 22.6 Å². The van der Waals surface area contributed by atoms with Gasteiger partial charge >= 0.3 is 0 Å². The summed E-state index contributed by atoms with van der Waals surface area (Å²) in [7, 11) is 1.69. The summed E-state index contributed by atoms with van der Waals surface area (Å²) < 4.78 is 5.29.